The van der Waals surface area contributed by atoms with Crippen molar-refractivity contribution in [2.75, 3.05) is 18.7 Å². The first-order valence-corrected chi connectivity index (χ1v) is 6.60. The van der Waals surface area contributed by atoms with Crippen molar-refractivity contribution >= 4 is 40.7 Å². The molecule has 1 heterocycles. The largest absolute Gasteiger partial charge is 0.477 e. The molecule has 5 nitrogen and oxygen atoms in total. The van der Waals surface area contributed by atoms with E-state index in [2.05, 4.69) is 10.1 Å². The fourth-order valence-corrected chi connectivity index (χ4v) is 2.16. The summed E-state index contributed by atoms with van der Waals surface area (Å²) in [6.45, 7) is 0. The Morgan fingerprint density at radius 1 is 1.59 bits per heavy atom. The van der Waals surface area contributed by atoms with E-state index in [1.807, 2.05) is 0 Å². The molecule has 1 rings (SSSR count). The van der Waals surface area contributed by atoms with E-state index in [1.54, 1.807) is 17.7 Å². The van der Waals surface area contributed by atoms with Crippen LogP contribution in [0.2, 0.25) is 0 Å². The number of rotatable bonds is 5. The van der Waals surface area contributed by atoms with Crippen LogP contribution in [0.5, 0.6) is 0 Å². The Labute approximate surface area is 106 Å². The number of anilines is 1. The van der Waals surface area contributed by atoms with Gasteiger partial charge in [-0.3, -0.25) is 0 Å². The lowest BCUT2D eigenvalue weighted by Crippen LogP contribution is -2.04. The highest BCUT2D eigenvalue weighted by Crippen LogP contribution is 2.23. The van der Waals surface area contributed by atoms with Gasteiger partial charge >= 0.3 is 11.9 Å². The maximum absolute atomic E-state index is 11.3. The number of nitrogens with one attached hydrogen (secondary N) is 1. The van der Waals surface area contributed by atoms with E-state index in [9.17, 15) is 9.59 Å². The summed E-state index contributed by atoms with van der Waals surface area (Å²) in [6.07, 6.45) is 3.17. The molecular weight excluding hydrogens is 262 g/mol. The number of ether oxygens (including phenoxy) is 1. The first kappa shape index (κ1) is 13.6. The fraction of sp³-hybridized carbons (Fsp3) is 0.200. The SMILES string of the molecule is COC(=O)/C(=C/Nc1ccsc1C(=O)O)SC. The number of aromatic carboxylic acids is 1. The van der Waals surface area contributed by atoms with E-state index >= 15 is 0 Å². The second-order valence-electron chi connectivity index (χ2n) is 2.82. The minimum absolute atomic E-state index is 0.201. The summed E-state index contributed by atoms with van der Waals surface area (Å²) in [7, 11) is 1.29. The van der Waals surface area contributed by atoms with E-state index in [4.69, 9.17) is 5.11 Å². The summed E-state index contributed by atoms with van der Waals surface area (Å²) in [5, 5.41) is 13.3. The number of hydrogen-bond acceptors (Lipinski definition) is 6. The van der Waals surface area contributed by atoms with Gasteiger partial charge in [0.15, 0.2) is 0 Å². The summed E-state index contributed by atoms with van der Waals surface area (Å²) in [5.74, 6) is -1.46. The molecule has 0 fully saturated rings. The average Bonchev–Trinajstić information content (AvgIpc) is 2.77. The quantitative estimate of drug-likeness (QED) is 0.633. The number of carbonyl (C=O) groups is 2. The Hall–Kier alpha value is -1.47. The Kier molecular flexibility index (Phi) is 5.05. The maximum Gasteiger partial charge on any atom is 0.348 e. The van der Waals surface area contributed by atoms with Gasteiger partial charge in [-0.15, -0.1) is 23.1 Å². The van der Waals surface area contributed by atoms with Crippen molar-refractivity contribution in [3.8, 4) is 0 Å². The van der Waals surface area contributed by atoms with Gasteiger partial charge in [-0.2, -0.15) is 0 Å². The smallest absolute Gasteiger partial charge is 0.348 e. The Balaban J connectivity index is 2.84. The van der Waals surface area contributed by atoms with Gasteiger partial charge in [0.2, 0.25) is 0 Å². The second kappa shape index (κ2) is 6.31. The maximum atomic E-state index is 11.3. The Morgan fingerprint density at radius 2 is 2.29 bits per heavy atom. The van der Waals surface area contributed by atoms with Gasteiger partial charge in [0.05, 0.1) is 12.8 Å². The zero-order valence-electron chi connectivity index (χ0n) is 9.22. The summed E-state index contributed by atoms with van der Waals surface area (Å²) >= 11 is 2.34. The predicted molar refractivity (Wildman–Crippen MR) is 68.5 cm³/mol. The van der Waals surface area contributed by atoms with Crippen molar-refractivity contribution in [3.05, 3.63) is 27.4 Å². The Morgan fingerprint density at radius 3 is 2.82 bits per heavy atom. The van der Waals surface area contributed by atoms with Crippen LogP contribution in [0.3, 0.4) is 0 Å². The number of carboxylic acid groups (broad SMARTS) is 1. The molecule has 0 unspecified atom stereocenters. The number of hydrogen-bond donors (Lipinski definition) is 2. The molecule has 2 N–H and O–H groups in total. The first-order valence-electron chi connectivity index (χ1n) is 4.50. The molecule has 7 heteroatoms. The standard InChI is InChI=1S/C10H11NO4S2/c1-15-10(14)7(16-2)5-11-6-3-4-17-8(6)9(12)13/h3-5,11H,1-2H3,(H,12,13)/b7-5-. The minimum atomic E-state index is -1.00. The highest BCUT2D eigenvalue weighted by molar-refractivity contribution is 8.03. The molecule has 0 aliphatic rings. The average molecular weight is 273 g/mol. The number of thiophene rings is 1. The highest BCUT2D eigenvalue weighted by Gasteiger charge is 2.12. The van der Waals surface area contributed by atoms with Gasteiger partial charge in [-0.25, -0.2) is 9.59 Å². The van der Waals surface area contributed by atoms with Crippen molar-refractivity contribution in [1.29, 1.82) is 0 Å². The molecule has 0 amide bonds. The topological polar surface area (TPSA) is 75.6 Å². The molecule has 1 aromatic rings. The van der Waals surface area contributed by atoms with E-state index in [0.29, 0.717) is 10.6 Å². The van der Waals surface area contributed by atoms with Crippen molar-refractivity contribution in [2.24, 2.45) is 0 Å². The third-order valence-corrected chi connectivity index (χ3v) is 3.45. The molecule has 0 aliphatic carbocycles. The predicted octanol–water partition coefficient (Wildman–Crippen LogP) is 2.24. The van der Waals surface area contributed by atoms with Crippen LogP contribution in [0.15, 0.2) is 22.6 Å². The zero-order chi connectivity index (χ0) is 12.8. The molecule has 0 saturated heterocycles. The number of methoxy groups -OCH3 is 1. The van der Waals surface area contributed by atoms with Crippen LogP contribution in [-0.4, -0.2) is 30.4 Å². The molecule has 1 aromatic heterocycles. The van der Waals surface area contributed by atoms with Gasteiger partial charge in [0.25, 0.3) is 0 Å². The van der Waals surface area contributed by atoms with E-state index in [1.165, 1.54) is 25.1 Å². The molecule has 0 bridgehead atoms. The van der Waals surface area contributed by atoms with Gasteiger partial charge < -0.3 is 15.2 Å². The monoisotopic (exact) mass is 273 g/mol. The molecule has 0 spiro atoms. The van der Waals surface area contributed by atoms with Gasteiger partial charge in [0.1, 0.15) is 9.78 Å². The molecule has 0 aromatic carbocycles. The van der Waals surface area contributed by atoms with E-state index in [-0.39, 0.29) is 4.88 Å². The first-order chi connectivity index (χ1) is 8.10. The number of thioether (sulfide) groups is 1. The summed E-state index contributed by atoms with van der Waals surface area (Å²) in [5.41, 5.74) is 0.456. The molecule has 0 atom stereocenters. The Bertz CT molecular complexity index is 453. The van der Waals surface area contributed by atoms with Gasteiger partial charge in [-0.1, -0.05) is 0 Å². The van der Waals surface area contributed by atoms with Crippen LogP contribution < -0.4 is 5.32 Å². The third-order valence-electron chi connectivity index (χ3n) is 1.82. The lowest BCUT2D eigenvalue weighted by Gasteiger charge is -2.03. The van der Waals surface area contributed by atoms with Crippen molar-refractivity contribution in [3.63, 3.8) is 0 Å². The molecule has 17 heavy (non-hydrogen) atoms. The molecule has 92 valence electrons. The van der Waals surface area contributed by atoms with Crippen molar-refractivity contribution in [1.82, 2.24) is 0 Å². The fourth-order valence-electron chi connectivity index (χ4n) is 1.03. The summed E-state index contributed by atoms with van der Waals surface area (Å²) in [6, 6.07) is 1.64. The van der Waals surface area contributed by atoms with Gasteiger partial charge in [-0.05, 0) is 17.7 Å². The minimum Gasteiger partial charge on any atom is -0.477 e. The van der Waals surface area contributed by atoms with Crippen LogP contribution in [0.25, 0.3) is 0 Å². The van der Waals surface area contributed by atoms with E-state index in [0.717, 1.165) is 11.3 Å². The molecule has 0 aliphatic heterocycles. The number of carboxylic acids is 1. The van der Waals surface area contributed by atoms with Gasteiger partial charge in [0, 0.05) is 6.20 Å². The summed E-state index contributed by atoms with van der Waals surface area (Å²) < 4.78 is 4.57. The van der Waals surface area contributed by atoms with Crippen LogP contribution in [-0.2, 0) is 9.53 Å². The van der Waals surface area contributed by atoms with Crippen LogP contribution in [0.1, 0.15) is 9.67 Å². The number of esters is 1. The lowest BCUT2D eigenvalue weighted by molar-refractivity contribution is -0.135. The van der Waals surface area contributed by atoms with Crippen molar-refractivity contribution < 1.29 is 19.4 Å². The molecule has 0 saturated carbocycles. The number of carbonyl (C=O) groups excluding carboxylic acids is 1. The van der Waals surface area contributed by atoms with Crippen LogP contribution in [0, 0.1) is 0 Å². The highest BCUT2D eigenvalue weighted by atomic mass is 32.2. The third kappa shape index (κ3) is 3.50. The van der Waals surface area contributed by atoms with Crippen molar-refractivity contribution in [2.45, 2.75) is 0 Å². The zero-order valence-corrected chi connectivity index (χ0v) is 10.9. The molecular formula is C10H11NO4S2. The second-order valence-corrected chi connectivity index (χ2v) is 4.58. The lowest BCUT2D eigenvalue weighted by atomic mass is 10.4. The van der Waals surface area contributed by atoms with Crippen LogP contribution >= 0.6 is 23.1 Å². The van der Waals surface area contributed by atoms with Crippen LogP contribution in [0.4, 0.5) is 5.69 Å². The summed E-state index contributed by atoms with van der Waals surface area (Å²) in [4.78, 5) is 22.7. The molecule has 0 radical (unpaired) electrons. The normalized spacial score (nSPS) is 11.1. The van der Waals surface area contributed by atoms with E-state index < -0.39 is 11.9 Å².